The van der Waals surface area contributed by atoms with Gasteiger partial charge in [0, 0.05) is 27.8 Å². The van der Waals surface area contributed by atoms with Gasteiger partial charge in [-0.3, -0.25) is 19.3 Å². The summed E-state index contributed by atoms with van der Waals surface area (Å²) in [6.45, 7) is 0. The SMILES string of the molecule is c1ccc(N2c3ccccc3N(c3ccccc3)C23N(c2ccccc2)c2cccc4c5ccccc5n3c24)cc1. The molecule has 2 aliphatic heterocycles. The Bertz CT molecular complexity index is 2000. The van der Waals surface area contributed by atoms with E-state index in [1.165, 1.54) is 27.5 Å². The molecule has 0 N–H and O–H groups in total. The lowest BCUT2D eigenvalue weighted by atomic mass is 10.1. The Morgan fingerprint density at radius 1 is 0.341 bits per heavy atom. The van der Waals surface area contributed by atoms with Crippen molar-refractivity contribution < 1.29 is 0 Å². The Morgan fingerprint density at radius 3 is 1.32 bits per heavy atom. The summed E-state index contributed by atoms with van der Waals surface area (Å²) in [7, 11) is 0. The van der Waals surface area contributed by atoms with Gasteiger partial charge in [-0.25, -0.2) is 0 Å². The van der Waals surface area contributed by atoms with Crippen molar-refractivity contribution in [1.82, 2.24) is 4.57 Å². The molecule has 4 heteroatoms. The van der Waals surface area contributed by atoms with E-state index in [9.17, 15) is 0 Å². The third-order valence-corrected chi connectivity index (χ3v) is 8.52. The molecular formula is C37H26N4. The predicted octanol–water partition coefficient (Wildman–Crippen LogP) is 9.50. The summed E-state index contributed by atoms with van der Waals surface area (Å²) in [6.07, 6.45) is 0. The van der Waals surface area contributed by atoms with Gasteiger partial charge in [-0.15, -0.1) is 0 Å². The van der Waals surface area contributed by atoms with Crippen LogP contribution in [0, 0.1) is 0 Å². The van der Waals surface area contributed by atoms with Gasteiger partial charge in [0.1, 0.15) is 0 Å². The van der Waals surface area contributed by atoms with Gasteiger partial charge in [-0.05, 0) is 60.7 Å². The first kappa shape index (κ1) is 22.3. The average Bonchev–Trinajstić information content (AvgIpc) is 3.65. The van der Waals surface area contributed by atoms with Crippen LogP contribution in [-0.4, -0.2) is 4.57 Å². The molecule has 9 rings (SSSR count). The standard InChI is InChI=1S/C37H26N4/c1-4-15-27(16-5-1)38-33-24-12-13-25-34(33)39(28-17-6-2-7-18-28)37(38)40(29-19-8-3-9-20-29)35-26-14-22-31-30-21-10-11-23-32(30)41(37)36(31)35/h1-26H. The van der Waals surface area contributed by atoms with E-state index in [0.717, 1.165) is 28.4 Å². The van der Waals surface area contributed by atoms with Gasteiger partial charge in [-0.1, -0.05) is 97.1 Å². The Hall–Kier alpha value is -5.48. The summed E-state index contributed by atoms with van der Waals surface area (Å²) in [5.74, 6) is -0.835. The van der Waals surface area contributed by atoms with Crippen molar-refractivity contribution in [2.45, 2.75) is 5.91 Å². The van der Waals surface area contributed by atoms with E-state index >= 15 is 0 Å². The molecule has 0 unspecified atom stereocenters. The van der Waals surface area contributed by atoms with Gasteiger partial charge >= 0.3 is 0 Å². The van der Waals surface area contributed by atoms with Crippen LogP contribution in [0.1, 0.15) is 0 Å². The average molecular weight is 527 g/mol. The number of benzene rings is 6. The fourth-order valence-corrected chi connectivity index (χ4v) is 7.09. The summed E-state index contributed by atoms with van der Waals surface area (Å²) in [4.78, 5) is 7.57. The van der Waals surface area contributed by atoms with Gasteiger partial charge in [0.15, 0.2) is 0 Å². The van der Waals surface area contributed by atoms with Crippen LogP contribution in [0.4, 0.5) is 34.1 Å². The summed E-state index contributed by atoms with van der Waals surface area (Å²) < 4.78 is 2.57. The Labute approximate surface area is 238 Å². The second-order valence-corrected chi connectivity index (χ2v) is 10.6. The molecule has 7 aromatic rings. The summed E-state index contributed by atoms with van der Waals surface area (Å²) in [5.41, 5.74) is 9.29. The van der Waals surface area contributed by atoms with Gasteiger partial charge in [0.25, 0.3) is 5.91 Å². The molecule has 0 saturated heterocycles. The van der Waals surface area contributed by atoms with Crippen LogP contribution in [0.25, 0.3) is 21.8 Å². The van der Waals surface area contributed by atoms with Crippen LogP contribution in [0.2, 0.25) is 0 Å². The van der Waals surface area contributed by atoms with Crippen molar-refractivity contribution in [3.05, 3.63) is 158 Å². The van der Waals surface area contributed by atoms with Crippen LogP contribution in [0.3, 0.4) is 0 Å². The Balaban J connectivity index is 1.53. The van der Waals surface area contributed by atoms with E-state index < -0.39 is 5.91 Å². The Morgan fingerprint density at radius 2 is 0.756 bits per heavy atom. The molecule has 0 atom stereocenters. The first-order chi connectivity index (χ1) is 20.4. The lowest BCUT2D eigenvalue weighted by molar-refractivity contribution is 0.357. The molecule has 0 bridgehead atoms. The van der Waals surface area contributed by atoms with E-state index in [4.69, 9.17) is 0 Å². The zero-order valence-corrected chi connectivity index (χ0v) is 22.3. The highest BCUT2D eigenvalue weighted by molar-refractivity contribution is 6.16. The van der Waals surface area contributed by atoms with E-state index in [-0.39, 0.29) is 0 Å². The third kappa shape index (κ3) is 2.78. The molecule has 1 aromatic heterocycles. The second-order valence-electron chi connectivity index (χ2n) is 10.6. The molecule has 194 valence electrons. The summed E-state index contributed by atoms with van der Waals surface area (Å²) in [5, 5.41) is 2.52. The Kier molecular flexibility index (Phi) is 4.50. The van der Waals surface area contributed by atoms with Crippen LogP contribution in [0.5, 0.6) is 0 Å². The van der Waals surface area contributed by atoms with Crippen molar-refractivity contribution >= 4 is 55.9 Å². The minimum Gasteiger partial charge on any atom is -0.280 e. The number of aromatic nitrogens is 1. The normalized spacial score (nSPS) is 14.9. The summed E-state index contributed by atoms with van der Waals surface area (Å²) in [6, 6.07) is 56.8. The highest BCUT2D eigenvalue weighted by Crippen LogP contribution is 2.63. The van der Waals surface area contributed by atoms with E-state index in [1.807, 2.05) is 0 Å². The topological polar surface area (TPSA) is 14.7 Å². The number of anilines is 6. The molecule has 1 spiro atoms. The molecule has 6 aromatic carbocycles. The number of rotatable bonds is 3. The number of hydrogen-bond donors (Lipinski definition) is 0. The van der Waals surface area contributed by atoms with Crippen LogP contribution < -0.4 is 14.7 Å². The predicted molar refractivity (Wildman–Crippen MR) is 170 cm³/mol. The lowest BCUT2D eigenvalue weighted by Gasteiger charge is -2.50. The van der Waals surface area contributed by atoms with Crippen LogP contribution in [0.15, 0.2) is 158 Å². The fourth-order valence-electron chi connectivity index (χ4n) is 7.09. The first-order valence-electron chi connectivity index (χ1n) is 14.1. The monoisotopic (exact) mass is 526 g/mol. The van der Waals surface area contributed by atoms with E-state index in [1.54, 1.807) is 0 Å². The summed E-state index contributed by atoms with van der Waals surface area (Å²) >= 11 is 0. The molecule has 41 heavy (non-hydrogen) atoms. The fraction of sp³-hybridized carbons (Fsp3) is 0.0270. The zero-order chi connectivity index (χ0) is 27.0. The van der Waals surface area contributed by atoms with Crippen molar-refractivity contribution in [3.8, 4) is 0 Å². The van der Waals surface area contributed by atoms with Gasteiger partial charge < -0.3 is 0 Å². The zero-order valence-electron chi connectivity index (χ0n) is 22.3. The van der Waals surface area contributed by atoms with Crippen LogP contribution >= 0.6 is 0 Å². The third-order valence-electron chi connectivity index (χ3n) is 8.52. The van der Waals surface area contributed by atoms with Gasteiger partial charge in [0.2, 0.25) is 0 Å². The highest BCUT2D eigenvalue weighted by Gasteiger charge is 2.61. The molecule has 0 radical (unpaired) electrons. The van der Waals surface area contributed by atoms with E-state index in [2.05, 4.69) is 177 Å². The minimum atomic E-state index is -0.835. The molecule has 0 saturated carbocycles. The second kappa shape index (κ2) is 8.26. The molecule has 4 nitrogen and oxygen atoms in total. The number of para-hydroxylation sites is 7. The smallest absolute Gasteiger partial charge is 0.280 e. The van der Waals surface area contributed by atoms with Gasteiger partial charge in [-0.2, -0.15) is 0 Å². The van der Waals surface area contributed by atoms with Crippen molar-refractivity contribution in [3.63, 3.8) is 0 Å². The quantitative estimate of drug-likeness (QED) is 0.228. The maximum atomic E-state index is 2.57. The van der Waals surface area contributed by atoms with Gasteiger partial charge in [0.05, 0.1) is 28.1 Å². The maximum absolute atomic E-state index is 2.57. The first-order valence-corrected chi connectivity index (χ1v) is 14.1. The molecule has 0 amide bonds. The van der Waals surface area contributed by atoms with Crippen molar-refractivity contribution in [1.29, 1.82) is 0 Å². The molecule has 0 aliphatic carbocycles. The highest BCUT2D eigenvalue weighted by atomic mass is 15.7. The minimum absolute atomic E-state index is 0.835. The number of hydrogen-bond acceptors (Lipinski definition) is 3. The molecule has 3 heterocycles. The van der Waals surface area contributed by atoms with Crippen molar-refractivity contribution in [2.24, 2.45) is 0 Å². The molecular weight excluding hydrogens is 500 g/mol. The van der Waals surface area contributed by atoms with Crippen molar-refractivity contribution in [2.75, 3.05) is 14.7 Å². The molecule has 2 aliphatic rings. The van der Waals surface area contributed by atoms with Crippen LogP contribution in [-0.2, 0) is 5.91 Å². The largest absolute Gasteiger partial charge is 0.295 e. The lowest BCUT2D eigenvalue weighted by Crippen LogP contribution is -2.62. The molecule has 0 fully saturated rings. The number of nitrogens with zero attached hydrogens (tertiary/aromatic N) is 4. The van der Waals surface area contributed by atoms with E-state index in [0.29, 0.717) is 0 Å². The maximum Gasteiger partial charge on any atom is 0.295 e. The number of fused-ring (bicyclic) bond motifs is 5.